The molecule has 0 spiro atoms. The van der Waals surface area contributed by atoms with Crippen molar-refractivity contribution >= 4 is 11.8 Å². The van der Waals surface area contributed by atoms with E-state index in [2.05, 4.69) is 30.1 Å². The summed E-state index contributed by atoms with van der Waals surface area (Å²) in [7, 11) is 0. The largest absolute Gasteiger partial charge is 0.324 e. The zero-order valence-corrected chi connectivity index (χ0v) is 10.7. The Labute approximate surface area is 106 Å². The zero-order valence-electron chi connectivity index (χ0n) is 9.84. The van der Waals surface area contributed by atoms with Gasteiger partial charge in [-0.3, -0.25) is 4.98 Å². The summed E-state index contributed by atoms with van der Waals surface area (Å²) in [6, 6.07) is 12.5. The van der Waals surface area contributed by atoms with E-state index < -0.39 is 0 Å². The molecule has 2 aromatic rings. The summed E-state index contributed by atoms with van der Waals surface area (Å²) in [5.41, 5.74) is 7.34. The van der Waals surface area contributed by atoms with Crippen LogP contribution in [0.25, 0.3) is 0 Å². The van der Waals surface area contributed by atoms with Crippen molar-refractivity contribution in [2.75, 3.05) is 0 Å². The van der Waals surface area contributed by atoms with Gasteiger partial charge in [0, 0.05) is 28.2 Å². The Bertz CT molecular complexity index is 471. The van der Waals surface area contributed by atoms with Gasteiger partial charge in [0.15, 0.2) is 0 Å². The molecule has 0 aliphatic rings. The first kappa shape index (κ1) is 12.1. The van der Waals surface area contributed by atoms with Gasteiger partial charge in [0.2, 0.25) is 0 Å². The van der Waals surface area contributed by atoms with Crippen LogP contribution in [-0.2, 0) is 0 Å². The number of benzene rings is 1. The van der Waals surface area contributed by atoms with Gasteiger partial charge in [-0.2, -0.15) is 0 Å². The molecule has 88 valence electrons. The number of hydrogen-bond acceptors (Lipinski definition) is 3. The van der Waals surface area contributed by atoms with Gasteiger partial charge in [0.25, 0.3) is 0 Å². The molecule has 2 nitrogen and oxygen atoms in total. The van der Waals surface area contributed by atoms with E-state index in [4.69, 9.17) is 5.73 Å². The highest BCUT2D eigenvalue weighted by Crippen LogP contribution is 2.32. The van der Waals surface area contributed by atoms with Crippen molar-refractivity contribution < 1.29 is 0 Å². The van der Waals surface area contributed by atoms with Crippen LogP contribution in [-0.4, -0.2) is 4.98 Å². The Morgan fingerprint density at radius 2 is 1.88 bits per heavy atom. The summed E-state index contributed by atoms with van der Waals surface area (Å²) in [5, 5.41) is 0. The lowest BCUT2D eigenvalue weighted by Crippen LogP contribution is -2.09. The molecular weight excluding hydrogens is 228 g/mol. The highest BCUT2D eigenvalue weighted by Gasteiger charge is 2.09. The van der Waals surface area contributed by atoms with Crippen LogP contribution in [0.3, 0.4) is 0 Å². The van der Waals surface area contributed by atoms with E-state index in [9.17, 15) is 0 Å². The molecule has 0 saturated heterocycles. The maximum absolute atomic E-state index is 6.12. The van der Waals surface area contributed by atoms with Crippen molar-refractivity contribution in [3.8, 4) is 0 Å². The molecule has 0 aliphatic carbocycles. The monoisotopic (exact) mass is 244 g/mol. The summed E-state index contributed by atoms with van der Waals surface area (Å²) in [6.45, 7) is 2.11. The SMILES string of the molecule is CCC(N)c1ccccc1Sc1ccncc1. The number of rotatable bonds is 4. The van der Waals surface area contributed by atoms with Gasteiger partial charge in [-0.25, -0.2) is 0 Å². The molecule has 17 heavy (non-hydrogen) atoms. The van der Waals surface area contributed by atoms with Gasteiger partial charge in [-0.1, -0.05) is 36.9 Å². The van der Waals surface area contributed by atoms with Crippen LogP contribution < -0.4 is 5.73 Å². The van der Waals surface area contributed by atoms with Crippen molar-refractivity contribution in [1.29, 1.82) is 0 Å². The topological polar surface area (TPSA) is 38.9 Å². The van der Waals surface area contributed by atoms with Crippen molar-refractivity contribution in [2.45, 2.75) is 29.2 Å². The third-order valence-electron chi connectivity index (χ3n) is 2.64. The molecule has 1 aromatic heterocycles. The fraction of sp³-hybridized carbons (Fsp3) is 0.214. The number of aromatic nitrogens is 1. The van der Waals surface area contributed by atoms with E-state index in [1.165, 1.54) is 15.4 Å². The van der Waals surface area contributed by atoms with E-state index in [0.29, 0.717) is 0 Å². The number of nitrogens with zero attached hydrogens (tertiary/aromatic N) is 1. The second-order valence-corrected chi connectivity index (χ2v) is 4.95. The second-order valence-electron chi connectivity index (χ2n) is 3.84. The quantitative estimate of drug-likeness (QED) is 0.892. The maximum Gasteiger partial charge on any atom is 0.0303 e. The molecule has 3 heteroatoms. The standard InChI is InChI=1S/C14H16N2S/c1-2-13(15)12-5-3-4-6-14(12)17-11-7-9-16-10-8-11/h3-10,13H,2,15H2,1H3. The highest BCUT2D eigenvalue weighted by molar-refractivity contribution is 7.99. The van der Waals surface area contributed by atoms with Crippen LogP contribution in [0.4, 0.5) is 0 Å². The molecule has 1 heterocycles. The number of hydrogen-bond donors (Lipinski definition) is 1. The van der Waals surface area contributed by atoms with Crippen molar-refractivity contribution in [2.24, 2.45) is 5.73 Å². The predicted octanol–water partition coefficient (Wildman–Crippen LogP) is 3.64. The van der Waals surface area contributed by atoms with Crippen molar-refractivity contribution in [1.82, 2.24) is 4.98 Å². The molecule has 0 radical (unpaired) electrons. The van der Waals surface area contributed by atoms with Crippen LogP contribution >= 0.6 is 11.8 Å². The third-order valence-corrected chi connectivity index (χ3v) is 3.74. The van der Waals surface area contributed by atoms with E-state index in [1.54, 1.807) is 11.8 Å². The lowest BCUT2D eigenvalue weighted by atomic mass is 10.1. The second kappa shape index (κ2) is 5.84. The average Bonchev–Trinajstić information content (AvgIpc) is 2.40. The molecule has 0 aliphatic heterocycles. The molecule has 0 bridgehead atoms. The molecule has 0 saturated carbocycles. The minimum atomic E-state index is 0.112. The number of pyridine rings is 1. The molecular formula is C14H16N2S. The molecule has 2 rings (SSSR count). The van der Waals surface area contributed by atoms with Gasteiger partial charge in [-0.05, 0) is 30.2 Å². The van der Waals surface area contributed by atoms with Crippen molar-refractivity contribution in [3.05, 3.63) is 54.4 Å². The van der Waals surface area contributed by atoms with Crippen LogP contribution in [0, 0.1) is 0 Å². The number of nitrogens with two attached hydrogens (primary N) is 1. The molecule has 0 fully saturated rings. The normalized spacial score (nSPS) is 12.4. The van der Waals surface area contributed by atoms with E-state index in [-0.39, 0.29) is 6.04 Å². The summed E-state index contributed by atoms with van der Waals surface area (Å²) < 4.78 is 0. The van der Waals surface area contributed by atoms with Gasteiger partial charge >= 0.3 is 0 Å². The average molecular weight is 244 g/mol. The van der Waals surface area contributed by atoms with Crippen LogP contribution in [0.1, 0.15) is 24.9 Å². The van der Waals surface area contributed by atoms with Crippen LogP contribution in [0.15, 0.2) is 58.6 Å². The van der Waals surface area contributed by atoms with E-state index >= 15 is 0 Å². The lowest BCUT2D eigenvalue weighted by molar-refractivity contribution is 0.685. The Balaban J connectivity index is 2.27. The Morgan fingerprint density at radius 1 is 1.18 bits per heavy atom. The first-order valence-corrected chi connectivity index (χ1v) is 6.55. The summed E-state index contributed by atoms with van der Waals surface area (Å²) >= 11 is 1.74. The minimum Gasteiger partial charge on any atom is -0.324 e. The van der Waals surface area contributed by atoms with Crippen LogP contribution in [0.2, 0.25) is 0 Å². The Morgan fingerprint density at radius 3 is 2.59 bits per heavy atom. The Kier molecular flexibility index (Phi) is 4.18. The molecule has 0 amide bonds. The molecule has 1 aromatic carbocycles. The fourth-order valence-electron chi connectivity index (χ4n) is 1.63. The predicted molar refractivity (Wildman–Crippen MR) is 72.0 cm³/mol. The van der Waals surface area contributed by atoms with Gasteiger partial charge in [0.05, 0.1) is 0 Å². The summed E-state index contributed by atoms with van der Waals surface area (Å²) in [5.74, 6) is 0. The Hall–Kier alpha value is -1.32. The summed E-state index contributed by atoms with van der Waals surface area (Å²) in [4.78, 5) is 6.44. The van der Waals surface area contributed by atoms with E-state index in [0.717, 1.165) is 6.42 Å². The summed E-state index contributed by atoms with van der Waals surface area (Å²) in [6.07, 6.45) is 4.57. The minimum absolute atomic E-state index is 0.112. The van der Waals surface area contributed by atoms with Crippen LogP contribution in [0.5, 0.6) is 0 Å². The first-order valence-electron chi connectivity index (χ1n) is 5.73. The maximum atomic E-state index is 6.12. The first-order chi connectivity index (χ1) is 8.31. The zero-order chi connectivity index (χ0) is 12.1. The van der Waals surface area contributed by atoms with Crippen molar-refractivity contribution in [3.63, 3.8) is 0 Å². The van der Waals surface area contributed by atoms with Gasteiger partial charge < -0.3 is 5.73 Å². The molecule has 2 N–H and O–H groups in total. The van der Waals surface area contributed by atoms with Gasteiger partial charge in [-0.15, -0.1) is 0 Å². The fourth-order valence-corrected chi connectivity index (χ4v) is 2.63. The molecule has 1 atom stereocenters. The van der Waals surface area contributed by atoms with Gasteiger partial charge in [0.1, 0.15) is 0 Å². The highest BCUT2D eigenvalue weighted by atomic mass is 32.2. The van der Waals surface area contributed by atoms with E-state index in [1.807, 2.05) is 30.6 Å². The third kappa shape index (κ3) is 3.08. The lowest BCUT2D eigenvalue weighted by Gasteiger charge is -2.14. The smallest absolute Gasteiger partial charge is 0.0303 e. The molecule has 1 unspecified atom stereocenters.